The Labute approximate surface area is 86.5 Å². The largest absolute Gasteiger partial charge is 0.303 e. The molecule has 0 amide bonds. The van der Waals surface area contributed by atoms with E-state index in [1.165, 1.54) is 12.1 Å². The maximum Gasteiger partial charge on any atom is 0.264 e. The third-order valence-electron chi connectivity index (χ3n) is 2.00. The Morgan fingerprint density at radius 3 is 2.50 bits per heavy atom. The van der Waals surface area contributed by atoms with E-state index in [1.54, 1.807) is 13.0 Å². The van der Waals surface area contributed by atoms with Crippen LogP contribution in [0.1, 0.15) is 30.4 Å². The lowest BCUT2D eigenvalue weighted by atomic mass is 9.97. The van der Waals surface area contributed by atoms with E-state index >= 15 is 0 Å². The zero-order valence-corrected chi connectivity index (χ0v) is 8.47. The summed E-state index contributed by atoms with van der Waals surface area (Å²) in [6.07, 6.45) is -1.92. The van der Waals surface area contributed by atoms with Crippen LogP contribution in [0, 0.1) is 0 Å². The van der Waals surface area contributed by atoms with Crippen LogP contribution in [0.4, 0.5) is 8.78 Å². The Hall–Kier alpha value is -0.900. The summed E-state index contributed by atoms with van der Waals surface area (Å²) in [5.41, 5.74) is 0.255. The average molecular weight is 216 g/mol. The van der Waals surface area contributed by atoms with E-state index in [1.807, 2.05) is 0 Å². The fourth-order valence-electron chi connectivity index (χ4n) is 1.24. The first-order valence-electron chi connectivity index (χ1n) is 4.12. The molecule has 1 aromatic carbocycles. The summed E-state index contributed by atoms with van der Waals surface area (Å²) < 4.78 is 25.1. The van der Waals surface area contributed by atoms with Crippen molar-refractivity contribution < 1.29 is 13.6 Å². The molecule has 0 heterocycles. The third-order valence-corrected chi connectivity index (χ3v) is 2.28. The van der Waals surface area contributed by atoms with Gasteiger partial charge < -0.3 is 4.79 Å². The van der Waals surface area contributed by atoms with Gasteiger partial charge in [0, 0.05) is 16.4 Å². The lowest BCUT2D eigenvalue weighted by molar-refractivity contribution is -0.108. The summed E-state index contributed by atoms with van der Waals surface area (Å²) in [6, 6.07) is 4.41. The molecule has 0 bridgehead atoms. The molecule has 1 unspecified atom stereocenters. The van der Waals surface area contributed by atoms with E-state index in [9.17, 15) is 13.6 Å². The van der Waals surface area contributed by atoms with Crippen molar-refractivity contribution in [2.75, 3.05) is 0 Å². The van der Waals surface area contributed by atoms with Crippen LogP contribution in [0.25, 0.3) is 0 Å². The van der Waals surface area contributed by atoms with Crippen molar-refractivity contribution in [1.29, 1.82) is 0 Å². The lowest BCUT2D eigenvalue weighted by Gasteiger charge is -2.11. The van der Waals surface area contributed by atoms with Crippen LogP contribution in [0.3, 0.4) is 0 Å². The molecule has 4 heteroatoms. The zero-order chi connectivity index (χ0) is 10.7. The molecule has 0 aliphatic carbocycles. The molecular formula is C10H10F2OS. The topological polar surface area (TPSA) is 17.1 Å². The van der Waals surface area contributed by atoms with Crippen molar-refractivity contribution in [2.45, 2.75) is 24.2 Å². The highest BCUT2D eigenvalue weighted by Crippen LogP contribution is 2.29. The number of thiol groups is 1. The molecule has 1 atom stereocenters. The number of alkyl halides is 2. The van der Waals surface area contributed by atoms with Crippen LogP contribution in [0.2, 0.25) is 0 Å². The molecule has 0 aromatic heterocycles. The molecule has 14 heavy (non-hydrogen) atoms. The summed E-state index contributed by atoms with van der Waals surface area (Å²) in [7, 11) is 0. The maximum atomic E-state index is 12.6. The first-order chi connectivity index (χ1) is 6.56. The van der Waals surface area contributed by atoms with Gasteiger partial charge in [-0.2, -0.15) is 0 Å². The number of benzene rings is 1. The van der Waals surface area contributed by atoms with Gasteiger partial charge in [0.1, 0.15) is 6.29 Å². The molecule has 76 valence electrons. The minimum atomic E-state index is -2.57. The Morgan fingerprint density at radius 1 is 1.36 bits per heavy atom. The molecule has 0 aliphatic rings. The number of rotatable bonds is 3. The number of hydrogen-bond acceptors (Lipinski definition) is 2. The second-order valence-electron chi connectivity index (χ2n) is 3.04. The highest BCUT2D eigenvalue weighted by atomic mass is 32.1. The number of carbonyl (C=O) groups excluding carboxylic acids is 1. The Balaban J connectivity index is 3.21. The van der Waals surface area contributed by atoms with Crippen molar-refractivity contribution in [3.63, 3.8) is 0 Å². The first kappa shape index (κ1) is 11.2. The summed E-state index contributed by atoms with van der Waals surface area (Å²) in [4.78, 5) is 11.0. The molecule has 0 N–H and O–H groups in total. The van der Waals surface area contributed by atoms with E-state index in [2.05, 4.69) is 12.6 Å². The van der Waals surface area contributed by atoms with Gasteiger partial charge in [0.15, 0.2) is 0 Å². The summed E-state index contributed by atoms with van der Waals surface area (Å²) in [5.74, 6) is -0.507. The van der Waals surface area contributed by atoms with Crippen LogP contribution in [0.15, 0.2) is 23.1 Å². The third kappa shape index (κ3) is 2.32. The van der Waals surface area contributed by atoms with E-state index in [-0.39, 0.29) is 5.56 Å². The SMILES string of the molecule is CC(C=O)c1ccc(S)cc1C(F)F. The van der Waals surface area contributed by atoms with E-state index in [0.717, 1.165) is 0 Å². The molecule has 1 rings (SSSR count). The van der Waals surface area contributed by atoms with Gasteiger partial charge in [-0.25, -0.2) is 8.78 Å². The smallest absolute Gasteiger partial charge is 0.264 e. The van der Waals surface area contributed by atoms with Crippen molar-refractivity contribution in [3.8, 4) is 0 Å². The second-order valence-corrected chi connectivity index (χ2v) is 3.56. The molecule has 1 nitrogen and oxygen atoms in total. The van der Waals surface area contributed by atoms with E-state index in [0.29, 0.717) is 16.7 Å². The molecular weight excluding hydrogens is 206 g/mol. The zero-order valence-electron chi connectivity index (χ0n) is 7.58. The molecule has 0 aliphatic heterocycles. The predicted molar refractivity (Wildman–Crippen MR) is 53.1 cm³/mol. The first-order valence-corrected chi connectivity index (χ1v) is 4.57. The number of halogens is 2. The molecule has 1 aromatic rings. The molecule has 0 fully saturated rings. The fraction of sp³-hybridized carbons (Fsp3) is 0.300. The van der Waals surface area contributed by atoms with Gasteiger partial charge in [0.25, 0.3) is 6.43 Å². The van der Waals surface area contributed by atoms with Crippen molar-refractivity contribution >= 4 is 18.9 Å². The van der Waals surface area contributed by atoms with Gasteiger partial charge in [-0.15, -0.1) is 12.6 Å². The Bertz CT molecular complexity index is 339. The summed E-state index contributed by atoms with van der Waals surface area (Å²) in [6.45, 7) is 1.59. The fourth-order valence-corrected chi connectivity index (χ4v) is 1.45. The van der Waals surface area contributed by atoms with Crippen molar-refractivity contribution in [2.24, 2.45) is 0 Å². The minimum absolute atomic E-state index is 0.114. The monoisotopic (exact) mass is 216 g/mol. The van der Waals surface area contributed by atoms with Crippen LogP contribution >= 0.6 is 12.6 Å². The minimum Gasteiger partial charge on any atom is -0.303 e. The number of hydrogen-bond donors (Lipinski definition) is 1. The van der Waals surface area contributed by atoms with Crippen molar-refractivity contribution in [3.05, 3.63) is 29.3 Å². The maximum absolute atomic E-state index is 12.6. The standard InChI is InChI=1S/C10H10F2OS/c1-6(5-13)8-3-2-7(14)4-9(8)10(11)12/h2-6,10,14H,1H3. The average Bonchev–Trinajstić information content (AvgIpc) is 2.16. The van der Waals surface area contributed by atoms with Gasteiger partial charge in [-0.1, -0.05) is 13.0 Å². The molecule has 0 saturated heterocycles. The number of aldehydes is 1. The van der Waals surface area contributed by atoms with E-state index in [4.69, 9.17) is 0 Å². The summed E-state index contributed by atoms with van der Waals surface area (Å²) in [5, 5.41) is 0. The normalized spacial score (nSPS) is 12.9. The van der Waals surface area contributed by atoms with Gasteiger partial charge in [-0.05, 0) is 17.7 Å². The molecule has 0 saturated carbocycles. The van der Waals surface area contributed by atoms with Crippen LogP contribution in [-0.4, -0.2) is 6.29 Å². The highest BCUT2D eigenvalue weighted by molar-refractivity contribution is 7.80. The second kappa shape index (κ2) is 4.55. The summed E-state index contributed by atoms with van der Waals surface area (Å²) >= 11 is 3.97. The van der Waals surface area contributed by atoms with Crippen LogP contribution < -0.4 is 0 Å². The predicted octanol–water partition coefficient (Wildman–Crippen LogP) is 3.22. The van der Waals surface area contributed by atoms with Gasteiger partial charge in [0.2, 0.25) is 0 Å². The van der Waals surface area contributed by atoms with Crippen molar-refractivity contribution in [1.82, 2.24) is 0 Å². The van der Waals surface area contributed by atoms with E-state index < -0.39 is 12.3 Å². The quantitative estimate of drug-likeness (QED) is 0.606. The van der Waals surface area contributed by atoms with Crippen LogP contribution in [0.5, 0.6) is 0 Å². The highest BCUT2D eigenvalue weighted by Gasteiger charge is 2.16. The van der Waals surface area contributed by atoms with Gasteiger partial charge >= 0.3 is 0 Å². The molecule has 0 radical (unpaired) electrons. The Morgan fingerprint density at radius 2 is 2.00 bits per heavy atom. The number of carbonyl (C=O) groups is 1. The van der Waals surface area contributed by atoms with Gasteiger partial charge in [-0.3, -0.25) is 0 Å². The Kier molecular flexibility index (Phi) is 3.63. The molecule has 0 spiro atoms. The lowest BCUT2D eigenvalue weighted by Crippen LogP contribution is -2.00. The van der Waals surface area contributed by atoms with Gasteiger partial charge in [0.05, 0.1) is 0 Å². The van der Waals surface area contributed by atoms with Crippen LogP contribution in [-0.2, 0) is 4.79 Å².